The van der Waals surface area contributed by atoms with Crippen LogP contribution in [0, 0.1) is 11.6 Å². The SMILES string of the molecule is O=C(Nc1ccccc1F)Nc1cc(Br)cc2c1OCC=C[C@H]2c1ccc(F)cc1. The number of anilines is 2. The first-order chi connectivity index (χ1) is 14.5. The molecule has 1 atom stereocenters. The van der Waals surface area contributed by atoms with Crippen molar-refractivity contribution in [3.63, 3.8) is 0 Å². The Balaban J connectivity index is 1.67. The van der Waals surface area contributed by atoms with Gasteiger partial charge in [-0.1, -0.05) is 52.3 Å². The lowest BCUT2D eigenvalue weighted by molar-refractivity contribution is 0.262. The molecule has 4 rings (SSSR count). The summed E-state index contributed by atoms with van der Waals surface area (Å²) >= 11 is 3.48. The minimum Gasteiger partial charge on any atom is -0.487 e. The summed E-state index contributed by atoms with van der Waals surface area (Å²) in [6, 6.07) is 15.2. The van der Waals surface area contributed by atoms with E-state index in [2.05, 4.69) is 26.6 Å². The van der Waals surface area contributed by atoms with Gasteiger partial charge in [-0.2, -0.15) is 0 Å². The fourth-order valence-electron chi connectivity index (χ4n) is 3.33. The van der Waals surface area contributed by atoms with Gasteiger partial charge in [0.15, 0.2) is 0 Å². The van der Waals surface area contributed by atoms with E-state index in [9.17, 15) is 13.6 Å². The molecule has 1 heterocycles. The molecule has 0 spiro atoms. The number of fused-ring (bicyclic) bond motifs is 1. The number of carbonyl (C=O) groups excluding carboxylic acids is 1. The van der Waals surface area contributed by atoms with Crippen molar-refractivity contribution in [1.29, 1.82) is 0 Å². The van der Waals surface area contributed by atoms with Gasteiger partial charge in [-0.15, -0.1) is 0 Å². The van der Waals surface area contributed by atoms with Crippen molar-refractivity contribution in [2.75, 3.05) is 17.2 Å². The number of benzene rings is 3. The lowest BCUT2D eigenvalue weighted by Gasteiger charge is -2.20. The lowest BCUT2D eigenvalue weighted by atomic mass is 9.90. The number of hydrogen-bond donors (Lipinski definition) is 2. The summed E-state index contributed by atoms with van der Waals surface area (Å²) in [5, 5.41) is 5.23. The molecule has 0 unspecified atom stereocenters. The highest BCUT2D eigenvalue weighted by atomic mass is 79.9. The van der Waals surface area contributed by atoms with Crippen LogP contribution in [-0.4, -0.2) is 12.6 Å². The largest absolute Gasteiger partial charge is 0.487 e. The maximum Gasteiger partial charge on any atom is 0.323 e. The van der Waals surface area contributed by atoms with Crippen molar-refractivity contribution >= 4 is 33.3 Å². The van der Waals surface area contributed by atoms with Crippen LogP contribution in [0.25, 0.3) is 0 Å². The number of halogens is 3. The molecule has 0 saturated heterocycles. The van der Waals surface area contributed by atoms with E-state index in [0.29, 0.717) is 18.0 Å². The Morgan fingerprint density at radius 3 is 2.50 bits per heavy atom. The molecule has 0 saturated carbocycles. The van der Waals surface area contributed by atoms with Gasteiger partial charge in [0.1, 0.15) is 24.0 Å². The van der Waals surface area contributed by atoms with Crippen LogP contribution in [0.1, 0.15) is 17.0 Å². The first-order valence-electron chi connectivity index (χ1n) is 9.22. The van der Waals surface area contributed by atoms with E-state index in [4.69, 9.17) is 4.74 Å². The maximum atomic E-state index is 13.8. The average molecular weight is 471 g/mol. The van der Waals surface area contributed by atoms with Crippen LogP contribution in [0.15, 0.2) is 77.3 Å². The van der Waals surface area contributed by atoms with E-state index in [1.54, 1.807) is 30.3 Å². The molecule has 1 aliphatic heterocycles. The molecule has 3 aromatic carbocycles. The summed E-state index contributed by atoms with van der Waals surface area (Å²) in [6.07, 6.45) is 3.86. The third kappa shape index (κ3) is 4.36. The Morgan fingerprint density at radius 2 is 1.73 bits per heavy atom. The second-order valence-electron chi connectivity index (χ2n) is 6.70. The highest BCUT2D eigenvalue weighted by molar-refractivity contribution is 9.10. The maximum absolute atomic E-state index is 13.8. The predicted molar refractivity (Wildman–Crippen MR) is 116 cm³/mol. The normalized spacial score (nSPS) is 15.0. The zero-order valence-electron chi connectivity index (χ0n) is 15.7. The highest BCUT2D eigenvalue weighted by Gasteiger charge is 2.23. The number of ether oxygens (including phenoxy) is 1. The first-order valence-corrected chi connectivity index (χ1v) is 10.0. The second-order valence-corrected chi connectivity index (χ2v) is 7.61. The minimum absolute atomic E-state index is 0.0721. The fourth-order valence-corrected chi connectivity index (χ4v) is 3.80. The van der Waals surface area contributed by atoms with Crippen molar-refractivity contribution < 1.29 is 18.3 Å². The fraction of sp³-hybridized carbons (Fsp3) is 0.0870. The molecule has 30 heavy (non-hydrogen) atoms. The van der Waals surface area contributed by atoms with E-state index in [1.165, 1.54) is 24.3 Å². The van der Waals surface area contributed by atoms with Crippen molar-refractivity contribution in [1.82, 2.24) is 0 Å². The smallest absolute Gasteiger partial charge is 0.323 e. The Morgan fingerprint density at radius 1 is 1.00 bits per heavy atom. The van der Waals surface area contributed by atoms with Gasteiger partial charge < -0.3 is 15.4 Å². The first kappa shape index (κ1) is 20.1. The van der Waals surface area contributed by atoms with Crippen LogP contribution in [0.5, 0.6) is 5.75 Å². The van der Waals surface area contributed by atoms with E-state index in [-0.39, 0.29) is 17.4 Å². The van der Waals surface area contributed by atoms with E-state index in [0.717, 1.165) is 15.6 Å². The minimum atomic E-state index is -0.598. The topological polar surface area (TPSA) is 50.4 Å². The molecular formula is C23H17BrF2N2O2. The van der Waals surface area contributed by atoms with Crippen LogP contribution < -0.4 is 15.4 Å². The third-order valence-corrected chi connectivity index (χ3v) is 5.13. The predicted octanol–water partition coefficient (Wildman–Crippen LogP) is 6.45. The highest BCUT2D eigenvalue weighted by Crippen LogP contribution is 2.42. The molecule has 2 N–H and O–H groups in total. The van der Waals surface area contributed by atoms with Crippen LogP contribution in [0.4, 0.5) is 25.0 Å². The molecular weight excluding hydrogens is 454 g/mol. The monoisotopic (exact) mass is 470 g/mol. The Labute approximate surface area is 180 Å². The number of allylic oxidation sites excluding steroid dienone is 1. The van der Waals surface area contributed by atoms with E-state index < -0.39 is 11.8 Å². The Bertz CT molecular complexity index is 1120. The summed E-state index contributed by atoms with van der Waals surface area (Å²) in [6.45, 7) is 0.315. The van der Waals surface area contributed by atoms with Crippen LogP contribution in [-0.2, 0) is 0 Å². The van der Waals surface area contributed by atoms with Crippen LogP contribution in [0.3, 0.4) is 0 Å². The quantitative estimate of drug-likeness (QED) is 0.432. The van der Waals surface area contributed by atoms with Gasteiger partial charge in [0.25, 0.3) is 0 Å². The summed E-state index contributed by atoms with van der Waals surface area (Å²) in [4.78, 5) is 12.5. The second kappa shape index (κ2) is 8.67. The molecule has 1 aliphatic rings. The number of nitrogens with one attached hydrogen (secondary N) is 2. The van der Waals surface area contributed by atoms with Gasteiger partial charge >= 0.3 is 6.03 Å². The average Bonchev–Trinajstić information content (AvgIpc) is 2.93. The molecule has 0 fully saturated rings. The molecule has 0 aromatic heterocycles. The number of para-hydroxylation sites is 1. The third-order valence-electron chi connectivity index (χ3n) is 4.67. The van der Waals surface area contributed by atoms with Crippen LogP contribution in [0.2, 0.25) is 0 Å². The number of hydrogen-bond acceptors (Lipinski definition) is 2. The van der Waals surface area contributed by atoms with Gasteiger partial charge in [0.2, 0.25) is 0 Å². The van der Waals surface area contributed by atoms with Gasteiger partial charge in [-0.25, -0.2) is 13.6 Å². The molecule has 4 nitrogen and oxygen atoms in total. The van der Waals surface area contributed by atoms with Gasteiger partial charge in [0.05, 0.1) is 11.4 Å². The lowest BCUT2D eigenvalue weighted by Crippen LogP contribution is -2.21. The zero-order valence-corrected chi connectivity index (χ0v) is 17.2. The Hall–Kier alpha value is -3.19. The molecule has 0 radical (unpaired) electrons. The number of amides is 2. The Kier molecular flexibility index (Phi) is 5.81. The van der Waals surface area contributed by atoms with Crippen molar-refractivity contribution in [3.8, 4) is 5.75 Å². The molecule has 3 aromatic rings. The molecule has 0 bridgehead atoms. The number of rotatable bonds is 3. The molecule has 7 heteroatoms. The summed E-state index contributed by atoms with van der Waals surface area (Å²) in [5.41, 5.74) is 2.21. The number of urea groups is 1. The van der Waals surface area contributed by atoms with Crippen molar-refractivity contribution in [3.05, 3.63) is 100 Å². The van der Waals surface area contributed by atoms with Crippen molar-refractivity contribution in [2.24, 2.45) is 0 Å². The standard InChI is InChI=1S/C23H17BrF2N2O2/c24-15-12-18-17(14-7-9-16(25)10-8-14)4-3-11-30-22(18)21(13-15)28-23(29)27-20-6-2-1-5-19(20)26/h1-10,12-13,17H,11H2,(H2,27,28,29)/t17-/m0/s1. The summed E-state index contributed by atoms with van der Waals surface area (Å²) in [5.74, 6) is -0.524. The molecule has 152 valence electrons. The zero-order chi connectivity index (χ0) is 21.1. The number of carbonyl (C=O) groups is 1. The van der Waals surface area contributed by atoms with Gasteiger partial charge in [0, 0.05) is 16.0 Å². The molecule has 0 aliphatic carbocycles. The van der Waals surface area contributed by atoms with Gasteiger partial charge in [-0.3, -0.25) is 0 Å². The summed E-state index contributed by atoms with van der Waals surface area (Å²) in [7, 11) is 0. The van der Waals surface area contributed by atoms with E-state index >= 15 is 0 Å². The van der Waals surface area contributed by atoms with Crippen LogP contribution >= 0.6 is 15.9 Å². The van der Waals surface area contributed by atoms with Gasteiger partial charge in [-0.05, 0) is 42.0 Å². The summed E-state index contributed by atoms with van der Waals surface area (Å²) < 4.78 is 33.8. The molecule has 2 amide bonds. The van der Waals surface area contributed by atoms with Crippen molar-refractivity contribution in [2.45, 2.75) is 5.92 Å². The van der Waals surface area contributed by atoms with E-state index in [1.807, 2.05) is 18.2 Å².